The first-order valence-electron chi connectivity index (χ1n) is 15.2. The maximum Gasteiger partial charge on any atom is 0.419 e. The van der Waals surface area contributed by atoms with E-state index in [2.05, 4.69) is 38.7 Å². The average Bonchev–Trinajstić information content (AvgIpc) is 3.90. The van der Waals surface area contributed by atoms with Gasteiger partial charge in [-0.3, -0.25) is 4.90 Å². The normalized spacial score (nSPS) is 26.3. The molecule has 1 heterocycles. The third kappa shape index (κ3) is 6.30. The molecule has 4 aliphatic rings. The second-order valence-corrected chi connectivity index (χ2v) is 12.7. The second kappa shape index (κ2) is 11.5. The van der Waals surface area contributed by atoms with Gasteiger partial charge in [0.05, 0.1) is 23.0 Å². The number of hydrogen-bond donors (Lipinski definition) is 1. The van der Waals surface area contributed by atoms with Gasteiger partial charge in [0.1, 0.15) is 5.82 Å². The fourth-order valence-corrected chi connectivity index (χ4v) is 7.25. The molecule has 2 aromatic carbocycles. The van der Waals surface area contributed by atoms with Gasteiger partial charge in [0.15, 0.2) is 0 Å². The molecule has 4 fully saturated rings. The van der Waals surface area contributed by atoms with Crippen LogP contribution in [0.4, 0.5) is 23.2 Å². The summed E-state index contributed by atoms with van der Waals surface area (Å²) in [6.45, 7) is 11.2. The van der Waals surface area contributed by atoms with Crippen LogP contribution in [0.1, 0.15) is 55.2 Å². The summed E-state index contributed by atoms with van der Waals surface area (Å²) in [6.07, 6.45) is 1.92. The molecule has 0 aromatic heterocycles. The molecule has 0 amide bonds. The predicted molar refractivity (Wildman–Crippen MR) is 155 cm³/mol. The van der Waals surface area contributed by atoms with Gasteiger partial charge >= 0.3 is 6.18 Å². The zero-order valence-electron chi connectivity index (χ0n) is 24.0. The monoisotopic (exact) mass is 581 g/mol. The second-order valence-electron chi connectivity index (χ2n) is 12.7. The highest BCUT2D eigenvalue weighted by atomic mass is 19.4. The lowest BCUT2D eigenvalue weighted by molar-refractivity contribution is -0.139. The van der Waals surface area contributed by atoms with Gasteiger partial charge in [0.25, 0.3) is 0 Å². The third-order valence-electron chi connectivity index (χ3n) is 9.96. The minimum absolute atomic E-state index is 0.111. The molecular formula is C33H39F4N5. The first kappa shape index (κ1) is 29.0. The first-order valence-corrected chi connectivity index (χ1v) is 15.2. The van der Waals surface area contributed by atoms with Crippen LogP contribution in [0.25, 0.3) is 0 Å². The van der Waals surface area contributed by atoms with E-state index in [1.807, 2.05) is 18.2 Å². The van der Waals surface area contributed by atoms with E-state index in [1.54, 1.807) is 0 Å². The van der Waals surface area contributed by atoms with Crippen LogP contribution in [0.3, 0.4) is 0 Å². The summed E-state index contributed by atoms with van der Waals surface area (Å²) in [5, 5.41) is 12.5. The number of piperazine rings is 1. The van der Waals surface area contributed by atoms with Gasteiger partial charge in [0, 0.05) is 57.5 Å². The average molecular weight is 582 g/mol. The number of alkyl halides is 3. The van der Waals surface area contributed by atoms with Crippen LogP contribution in [-0.2, 0) is 11.6 Å². The van der Waals surface area contributed by atoms with Gasteiger partial charge in [-0.25, -0.2) is 4.39 Å². The number of anilines is 1. The van der Waals surface area contributed by atoms with Crippen LogP contribution in [0.15, 0.2) is 54.9 Å². The van der Waals surface area contributed by atoms with Crippen molar-refractivity contribution in [2.75, 3.05) is 51.1 Å². The van der Waals surface area contributed by atoms with Crippen LogP contribution in [0.2, 0.25) is 0 Å². The number of benzene rings is 2. The molecule has 0 unspecified atom stereocenters. The topological polar surface area (TPSA) is 45.5 Å². The Kier molecular flexibility index (Phi) is 7.97. The lowest BCUT2D eigenvalue weighted by Crippen LogP contribution is -2.50. The summed E-state index contributed by atoms with van der Waals surface area (Å²) in [5.74, 6) is 0.643. The van der Waals surface area contributed by atoms with Crippen LogP contribution in [0, 0.1) is 29.0 Å². The fourth-order valence-electron chi connectivity index (χ4n) is 7.25. The van der Waals surface area contributed by atoms with Crippen molar-refractivity contribution in [1.29, 1.82) is 5.26 Å². The molecule has 0 bridgehead atoms. The molecule has 5 nitrogen and oxygen atoms in total. The number of rotatable bonds is 10. The highest BCUT2D eigenvalue weighted by Gasteiger charge is 2.58. The Hall–Kier alpha value is -3.09. The van der Waals surface area contributed by atoms with Crippen molar-refractivity contribution in [3.8, 4) is 6.07 Å². The van der Waals surface area contributed by atoms with Gasteiger partial charge in [0.2, 0.25) is 0 Å². The molecule has 6 rings (SSSR count). The summed E-state index contributed by atoms with van der Waals surface area (Å²) in [4.78, 5) is 7.27. The molecule has 3 saturated carbocycles. The molecule has 3 aliphatic carbocycles. The van der Waals surface area contributed by atoms with Crippen molar-refractivity contribution in [3.05, 3.63) is 77.4 Å². The van der Waals surface area contributed by atoms with Crippen molar-refractivity contribution in [2.24, 2.45) is 11.8 Å². The van der Waals surface area contributed by atoms with E-state index in [0.29, 0.717) is 17.3 Å². The Bertz CT molecular complexity index is 1340. The largest absolute Gasteiger partial charge is 0.419 e. The zero-order chi connectivity index (χ0) is 29.5. The number of hydrogen-bond acceptors (Lipinski definition) is 5. The van der Waals surface area contributed by atoms with Crippen molar-refractivity contribution in [2.45, 2.75) is 56.2 Å². The summed E-state index contributed by atoms with van der Waals surface area (Å²) in [7, 11) is 0. The molecule has 1 N–H and O–H groups in total. The number of halogens is 4. The molecule has 3 atom stereocenters. The quantitative estimate of drug-likeness (QED) is 0.327. The lowest BCUT2D eigenvalue weighted by Gasteiger charge is -2.41. The van der Waals surface area contributed by atoms with Crippen LogP contribution >= 0.6 is 0 Å². The first-order chi connectivity index (χ1) is 20.1. The van der Waals surface area contributed by atoms with Crippen LogP contribution in [0.5, 0.6) is 0 Å². The van der Waals surface area contributed by atoms with E-state index < -0.39 is 17.6 Å². The van der Waals surface area contributed by atoms with Gasteiger partial charge < -0.3 is 15.1 Å². The number of fused-ring (bicyclic) bond motifs is 1. The van der Waals surface area contributed by atoms with Crippen molar-refractivity contribution < 1.29 is 17.6 Å². The molecule has 1 saturated heterocycles. The molecule has 224 valence electrons. The van der Waals surface area contributed by atoms with Crippen molar-refractivity contribution in [1.82, 2.24) is 14.7 Å². The van der Waals surface area contributed by atoms with E-state index >= 15 is 0 Å². The van der Waals surface area contributed by atoms with E-state index in [-0.39, 0.29) is 17.1 Å². The van der Waals surface area contributed by atoms with Crippen molar-refractivity contribution in [3.63, 3.8) is 0 Å². The standard InChI is InChI=1S/C33H39F4N5/c1-23(39-28-7-8-31(34)30(19-28)33(35,36)37)42(16-15-40-11-13-41(14-12-40)22-24-5-6-24)29-9-10-32(20-27(32)18-29)26-4-2-3-25(17-26)21-38/h2-4,7-8,17,19,24,27,29,39H,1,5-6,9-16,18,20,22H2/t27-,29+,32+/m0/s1. The number of nitrogens with one attached hydrogen (secondary N) is 1. The highest BCUT2D eigenvalue weighted by molar-refractivity contribution is 5.51. The molecule has 0 spiro atoms. The SMILES string of the molecule is C=C(Nc1ccc(F)c(C(F)(F)F)c1)N(CCN1CCN(CC2CC2)CC1)[C@@H]1CC[C@]2(c3cccc(C#N)c3)C[C@@H]2C1. The van der Waals surface area contributed by atoms with Gasteiger partial charge in [-0.05, 0) is 91.7 Å². The predicted octanol–water partition coefficient (Wildman–Crippen LogP) is 6.44. The van der Waals surface area contributed by atoms with E-state index in [1.165, 1.54) is 31.0 Å². The fraction of sp³-hybridized carbons (Fsp3) is 0.545. The summed E-state index contributed by atoms with van der Waals surface area (Å²) in [6, 6.07) is 13.4. The molecule has 42 heavy (non-hydrogen) atoms. The molecule has 2 aromatic rings. The van der Waals surface area contributed by atoms with Gasteiger partial charge in [-0.1, -0.05) is 18.7 Å². The summed E-state index contributed by atoms with van der Waals surface area (Å²) < 4.78 is 54.1. The minimum Gasteiger partial charge on any atom is -0.354 e. The Morgan fingerprint density at radius 3 is 2.52 bits per heavy atom. The van der Waals surface area contributed by atoms with E-state index in [4.69, 9.17) is 0 Å². The lowest BCUT2D eigenvalue weighted by atomic mass is 9.80. The summed E-state index contributed by atoms with van der Waals surface area (Å²) in [5.41, 5.74) is 0.931. The van der Waals surface area contributed by atoms with Crippen LogP contribution < -0.4 is 5.32 Å². The smallest absolute Gasteiger partial charge is 0.354 e. The number of nitriles is 1. The van der Waals surface area contributed by atoms with Gasteiger partial charge in [-0.2, -0.15) is 18.4 Å². The molecule has 0 radical (unpaired) electrons. The van der Waals surface area contributed by atoms with E-state index in [0.717, 1.165) is 83.0 Å². The number of nitrogens with zero attached hydrogens (tertiary/aromatic N) is 4. The Morgan fingerprint density at radius 1 is 1.07 bits per heavy atom. The molecule has 1 aliphatic heterocycles. The molecular weight excluding hydrogens is 542 g/mol. The maximum atomic E-state index is 13.9. The maximum absolute atomic E-state index is 13.9. The van der Waals surface area contributed by atoms with E-state index in [9.17, 15) is 22.8 Å². The van der Waals surface area contributed by atoms with Crippen LogP contribution in [-0.4, -0.2) is 66.6 Å². The summed E-state index contributed by atoms with van der Waals surface area (Å²) >= 11 is 0. The molecule has 9 heteroatoms. The third-order valence-corrected chi connectivity index (χ3v) is 9.96. The Morgan fingerprint density at radius 2 is 1.83 bits per heavy atom. The Labute approximate surface area is 245 Å². The minimum atomic E-state index is -4.77. The Balaban J connectivity index is 1.14. The van der Waals surface area contributed by atoms with Gasteiger partial charge in [-0.15, -0.1) is 0 Å². The zero-order valence-corrected chi connectivity index (χ0v) is 24.0. The van der Waals surface area contributed by atoms with Crippen molar-refractivity contribution >= 4 is 5.69 Å². The highest BCUT2D eigenvalue weighted by Crippen LogP contribution is 2.63.